The molecule has 0 aromatic carbocycles. The zero-order chi connectivity index (χ0) is 14.9. The number of nitrogens with zero attached hydrogens (tertiary/aromatic N) is 2. The summed E-state index contributed by atoms with van der Waals surface area (Å²) in [6, 6.07) is 1.92. The lowest BCUT2D eigenvalue weighted by Gasteiger charge is -2.36. The van der Waals surface area contributed by atoms with Crippen molar-refractivity contribution in [2.24, 2.45) is 0 Å². The lowest BCUT2D eigenvalue weighted by molar-refractivity contribution is 0.154. The highest BCUT2D eigenvalue weighted by Gasteiger charge is 2.32. The van der Waals surface area contributed by atoms with Crippen LogP contribution in [-0.4, -0.2) is 49.8 Å². The molecule has 0 spiro atoms. The second-order valence-electron chi connectivity index (χ2n) is 5.02. The van der Waals surface area contributed by atoms with Crippen LogP contribution in [0.1, 0.15) is 19.6 Å². The highest BCUT2D eigenvalue weighted by atomic mass is 79.9. The molecule has 1 saturated heterocycles. The van der Waals surface area contributed by atoms with Gasteiger partial charge in [-0.15, -0.1) is 11.6 Å². The molecule has 2 rings (SSSR count). The second-order valence-corrected chi connectivity index (χ2v) is 7.91. The Balaban J connectivity index is 2.17. The van der Waals surface area contributed by atoms with Gasteiger partial charge < -0.3 is 4.42 Å². The quantitative estimate of drug-likeness (QED) is 0.747. The molecule has 1 aromatic heterocycles. The fourth-order valence-corrected chi connectivity index (χ4v) is 4.75. The van der Waals surface area contributed by atoms with Gasteiger partial charge in [0, 0.05) is 38.3 Å². The van der Waals surface area contributed by atoms with Gasteiger partial charge in [0.2, 0.25) is 10.0 Å². The summed E-state index contributed by atoms with van der Waals surface area (Å²) in [5.74, 6) is 0.591. The van der Waals surface area contributed by atoms with Gasteiger partial charge in [0.15, 0.2) is 4.67 Å². The minimum Gasteiger partial charge on any atom is -0.452 e. The van der Waals surface area contributed by atoms with Crippen LogP contribution in [-0.2, 0) is 15.9 Å². The zero-order valence-corrected chi connectivity index (χ0v) is 14.6. The number of furan rings is 1. The molecule has 2 heterocycles. The first-order valence-corrected chi connectivity index (χ1v) is 9.21. The first-order chi connectivity index (χ1) is 9.36. The molecule has 1 aromatic rings. The molecule has 1 aliphatic heterocycles. The fourth-order valence-electron chi connectivity index (χ4n) is 2.24. The van der Waals surface area contributed by atoms with E-state index in [0.29, 0.717) is 24.9 Å². The van der Waals surface area contributed by atoms with Crippen molar-refractivity contribution >= 4 is 37.6 Å². The summed E-state index contributed by atoms with van der Waals surface area (Å²) in [5, 5.41) is 0. The number of sulfonamides is 1. The van der Waals surface area contributed by atoms with Crippen molar-refractivity contribution in [1.82, 2.24) is 9.21 Å². The Morgan fingerprint density at radius 1 is 1.35 bits per heavy atom. The maximum atomic E-state index is 12.6. The molecule has 1 fully saturated rings. The first kappa shape index (κ1) is 16.3. The smallest absolute Gasteiger partial charge is 0.247 e. The number of alkyl halides is 1. The third-order valence-corrected chi connectivity index (χ3v) is 6.48. The van der Waals surface area contributed by atoms with E-state index in [1.54, 1.807) is 0 Å². The molecule has 1 aliphatic rings. The molecule has 0 aliphatic carbocycles. The Labute approximate surface area is 133 Å². The maximum Gasteiger partial charge on any atom is 0.247 e. The predicted molar refractivity (Wildman–Crippen MR) is 81.4 cm³/mol. The van der Waals surface area contributed by atoms with Gasteiger partial charge in [-0.1, -0.05) is 0 Å². The molecule has 0 atom stereocenters. The summed E-state index contributed by atoms with van der Waals surface area (Å²) in [6.07, 6.45) is 0. The van der Waals surface area contributed by atoms with Crippen LogP contribution >= 0.6 is 27.5 Å². The van der Waals surface area contributed by atoms with E-state index in [1.165, 1.54) is 10.4 Å². The maximum absolute atomic E-state index is 12.6. The number of halogens is 2. The van der Waals surface area contributed by atoms with E-state index in [9.17, 15) is 8.42 Å². The molecule has 0 unspecified atom stereocenters. The van der Waals surface area contributed by atoms with Crippen molar-refractivity contribution in [3.8, 4) is 0 Å². The summed E-state index contributed by atoms with van der Waals surface area (Å²) >= 11 is 8.83. The van der Waals surface area contributed by atoms with Gasteiger partial charge >= 0.3 is 0 Å². The van der Waals surface area contributed by atoms with Crippen molar-refractivity contribution in [3.05, 3.63) is 16.5 Å². The number of piperazine rings is 1. The van der Waals surface area contributed by atoms with E-state index >= 15 is 0 Å². The van der Waals surface area contributed by atoms with Crippen molar-refractivity contribution in [3.63, 3.8) is 0 Å². The van der Waals surface area contributed by atoms with Crippen LogP contribution < -0.4 is 0 Å². The van der Waals surface area contributed by atoms with Gasteiger partial charge in [-0.05, 0) is 29.8 Å². The van der Waals surface area contributed by atoms with Gasteiger partial charge in [0.05, 0.1) is 5.88 Å². The Kier molecular flexibility index (Phi) is 5.18. The summed E-state index contributed by atoms with van der Waals surface area (Å²) in [5.41, 5.74) is 0. The number of hydrogen-bond donors (Lipinski definition) is 0. The Bertz CT molecular complexity index is 565. The minimum absolute atomic E-state index is 0.148. The molecule has 0 N–H and O–H groups in total. The fraction of sp³-hybridized carbons (Fsp3) is 0.667. The summed E-state index contributed by atoms with van der Waals surface area (Å²) in [7, 11) is -3.52. The highest BCUT2D eigenvalue weighted by molar-refractivity contribution is 9.10. The molecule has 0 saturated carbocycles. The summed E-state index contributed by atoms with van der Waals surface area (Å²) in [4.78, 5) is 2.42. The zero-order valence-electron chi connectivity index (χ0n) is 11.5. The number of rotatable bonds is 4. The number of hydrogen-bond acceptors (Lipinski definition) is 4. The monoisotopic (exact) mass is 384 g/mol. The first-order valence-electron chi connectivity index (χ1n) is 6.44. The molecule has 0 radical (unpaired) electrons. The molecule has 5 nitrogen and oxygen atoms in total. The lowest BCUT2D eigenvalue weighted by Crippen LogP contribution is -2.50. The largest absolute Gasteiger partial charge is 0.452 e. The SMILES string of the molecule is CC(C)N1CCN(S(=O)(=O)c2cc(CCl)oc2Br)CC1. The van der Waals surface area contributed by atoms with Crippen molar-refractivity contribution in [1.29, 1.82) is 0 Å². The van der Waals surface area contributed by atoms with Crippen molar-refractivity contribution in [2.75, 3.05) is 26.2 Å². The van der Waals surface area contributed by atoms with Gasteiger partial charge in [0.1, 0.15) is 10.7 Å². The Morgan fingerprint density at radius 3 is 2.40 bits per heavy atom. The van der Waals surface area contributed by atoms with Crippen LogP contribution in [0.15, 0.2) is 20.0 Å². The molecule has 114 valence electrons. The van der Waals surface area contributed by atoms with Gasteiger partial charge in [-0.25, -0.2) is 8.42 Å². The van der Waals surface area contributed by atoms with E-state index in [1.807, 2.05) is 0 Å². The van der Waals surface area contributed by atoms with E-state index < -0.39 is 10.0 Å². The minimum atomic E-state index is -3.52. The van der Waals surface area contributed by atoms with Crippen LogP contribution in [0.5, 0.6) is 0 Å². The average Bonchev–Trinajstić information content (AvgIpc) is 2.81. The molecule has 0 bridgehead atoms. The van der Waals surface area contributed by atoms with Crippen LogP contribution in [0.2, 0.25) is 0 Å². The standard InChI is InChI=1S/C12H18BrClN2O3S/c1-9(2)15-3-5-16(6-4-15)20(17,18)11-7-10(8-14)19-12(11)13/h7,9H,3-6,8H2,1-2H3. The van der Waals surface area contributed by atoms with E-state index in [-0.39, 0.29) is 15.4 Å². The van der Waals surface area contributed by atoms with Crippen LogP contribution in [0.3, 0.4) is 0 Å². The third-order valence-electron chi connectivity index (χ3n) is 3.46. The normalized spacial score (nSPS) is 18.9. The molecule has 0 amide bonds. The van der Waals surface area contributed by atoms with E-state index in [4.69, 9.17) is 16.0 Å². The van der Waals surface area contributed by atoms with Crippen LogP contribution in [0.4, 0.5) is 0 Å². The third kappa shape index (κ3) is 3.22. The predicted octanol–water partition coefficient (Wildman–Crippen LogP) is 2.50. The van der Waals surface area contributed by atoms with Crippen molar-refractivity contribution < 1.29 is 12.8 Å². The van der Waals surface area contributed by atoms with Crippen molar-refractivity contribution in [2.45, 2.75) is 30.7 Å². The van der Waals surface area contributed by atoms with Crippen LogP contribution in [0.25, 0.3) is 0 Å². The lowest BCUT2D eigenvalue weighted by atomic mass is 10.3. The summed E-state index contributed by atoms with van der Waals surface area (Å²) < 4.78 is 32.2. The highest BCUT2D eigenvalue weighted by Crippen LogP contribution is 2.30. The Morgan fingerprint density at radius 2 is 1.95 bits per heavy atom. The van der Waals surface area contributed by atoms with Gasteiger partial charge in [-0.2, -0.15) is 4.31 Å². The van der Waals surface area contributed by atoms with Crippen LogP contribution in [0, 0.1) is 0 Å². The van der Waals surface area contributed by atoms with E-state index in [0.717, 1.165) is 13.1 Å². The molecule has 20 heavy (non-hydrogen) atoms. The summed E-state index contributed by atoms with van der Waals surface area (Å²) in [6.45, 7) is 6.71. The topological polar surface area (TPSA) is 53.8 Å². The molecular weight excluding hydrogens is 368 g/mol. The van der Waals surface area contributed by atoms with Gasteiger partial charge in [0.25, 0.3) is 0 Å². The second kappa shape index (κ2) is 6.36. The van der Waals surface area contributed by atoms with Gasteiger partial charge in [-0.3, -0.25) is 4.90 Å². The molecule has 8 heteroatoms. The average molecular weight is 386 g/mol. The van der Waals surface area contributed by atoms with E-state index in [2.05, 4.69) is 34.7 Å². The molecular formula is C12H18BrClN2O3S. The Hall–Kier alpha value is -0.0800.